The highest BCUT2D eigenvalue weighted by atomic mass is 127. The van der Waals surface area contributed by atoms with E-state index in [2.05, 4.69) is 27.6 Å². The van der Waals surface area contributed by atoms with Crippen LogP contribution in [0.15, 0.2) is 6.20 Å². The average Bonchev–Trinajstić information content (AvgIpc) is 2.14. The van der Waals surface area contributed by atoms with Gasteiger partial charge in [0.25, 0.3) is 0 Å². The molecule has 1 heterocycles. The summed E-state index contributed by atoms with van der Waals surface area (Å²) in [6.45, 7) is 0.563. The molecule has 0 radical (unpaired) electrons. The van der Waals surface area contributed by atoms with Gasteiger partial charge in [-0.2, -0.15) is 0 Å². The first kappa shape index (κ1) is 6.44. The van der Waals surface area contributed by atoms with E-state index in [0.29, 0.717) is 6.54 Å². The number of halogens is 1. The molecule has 0 saturated carbocycles. The molecule has 0 bridgehead atoms. The lowest BCUT2D eigenvalue weighted by molar-refractivity contribution is 1.04. The number of thiazole rings is 1. The predicted molar refractivity (Wildman–Crippen MR) is 42.7 cm³/mol. The van der Waals surface area contributed by atoms with Crippen molar-refractivity contribution in [3.63, 3.8) is 0 Å². The summed E-state index contributed by atoms with van der Waals surface area (Å²) in [5, 5.41) is 1.01. The van der Waals surface area contributed by atoms with Gasteiger partial charge < -0.3 is 5.73 Å². The van der Waals surface area contributed by atoms with E-state index in [-0.39, 0.29) is 0 Å². The third-order valence-electron chi connectivity index (χ3n) is 0.700. The van der Waals surface area contributed by atoms with Gasteiger partial charge in [-0.3, -0.25) is 0 Å². The zero-order valence-corrected chi connectivity index (χ0v) is 7.07. The summed E-state index contributed by atoms with van der Waals surface area (Å²) in [4.78, 5) is 4.02. The standard InChI is InChI=1S/C4H5IN2S/c5-3-2-7-4(1-6)8-3/h2H,1,6H2. The maximum absolute atomic E-state index is 5.31. The molecule has 1 aromatic rings. The van der Waals surface area contributed by atoms with Crippen molar-refractivity contribution in [1.82, 2.24) is 4.98 Å². The molecule has 0 unspecified atom stereocenters. The van der Waals surface area contributed by atoms with Crippen molar-refractivity contribution in [1.29, 1.82) is 0 Å². The minimum Gasteiger partial charge on any atom is -0.325 e. The van der Waals surface area contributed by atoms with Crippen LogP contribution in [-0.2, 0) is 6.54 Å². The smallest absolute Gasteiger partial charge is 0.107 e. The highest BCUT2D eigenvalue weighted by Gasteiger charge is 1.93. The van der Waals surface area contributed by atoms with Crippen LogP contribution in [0, 0.1) is 2.88 Å². The molecule has 0 saturated heterocycles. The second-order valence-corrected chi connectivity index (χ2v) is 4.27. The monoisotopic (exact) mass is 240 g/mol. The van der Waals surface area contributed by atoms with Gasteiger partial charge in [0.2, 0.25) is 0 Å². The van der Waals surface area contributed by atoms with Gasteiger partial charge in [0, 0.05) is 6.54 Å². The van der Waals surface area contributed by atoms with E-state index in [4.69, 9.17) is 5.73 Å². The summed E-state index contributed by atoms with van der Waals surface area (Å²) < 4.78 is 1.20. The highest BCUT2D eigenvalue weighted by Crippen LogP contribution is 2.13. The molecule has 0 fully saturated rings. The summed E-state index contributed by atoms with van der Waals surface area (Å²) in [5.41, 5.74) is 5.31. The SMILES string of the molecule is NCc1ncc(I)s1. The van der Waals surface area contributed by atoms with Crippen LogP contribution in [0.5, 0.6) is 0 Å². The number of rotatable bonds is 1. The van der Waals surface area contributed by atoms with Crippen molar-refractivity contribution in [3.8, 4) is 0 Å². The van der Waals surface area contributed by atoms with Crippen LogP contribution in [0.25, 0.3) is 0 Å². The molecule has 4 heteroatoms. The molecular formula is C4H5IN2S. The van der Waals surface area contributed by atoms with Crippen LogP contribution in [-0.4, -0.2) is 4.98 Å². The Morgan fingerprint density at radius 3 is 2.88 bits per heavy atom. The van der Waals surface area contributed by atoms with Gasteiger partial charge in [-0.1, -0.05) is 0 Å². The van der Waals surface area contributed by atoms with Gasteiger partial charge in [0.05, 0.1) is 9.08 Å². The Labute approximate surface area is 65.3 Å². The molecule has 1 rings (SSSR count). The molecule has 0 spiro atoms. The van der Waals surface area contributed by atoms with E-state index in [0.717, 1.165) is 5.01 Å². The minimum absolute atomic E-state index is 0.563. The van der Waals surface area contributed by atoms with Crippen LogP contribution in [0.1, 0.15) is 5.01 Å². The van der Waals surface area contributed by atoms with E-state index < -0.39 is 0 Å². The first-order valence-corrected chi connectivity index (χ1v) is 4.02. The van der Waals surface area contributed by atoms with E-state index in [9.17, 15) is 0 Å². The molecule has 0 aliphatic heterocycles. The van der Waals surface area contributed by atoms with Gasteiger partial charge in [-0.05, 0) is 22.6 Å². The van der Waals surface area contributed by atoms with Crippen molar-refractivity contribution >= 4 is 33.9 Å². The van der Waals surface area contributed by atoms with Gasteiger partial charge >= 0.3 is 0 Å². The number of nitrogens with two attached hydrogens (primary N) is 1. The quantitative estimate of drug-likeness (QED) is 0.749. The van der Waals surface area contributed by atoms with Crippen LogP contribution in [0.2, 0.25) is 0 Å². The maximum atomic E-state index is 5.31. The summed E-state index contributed by atoms with van der Waals surface area (Å²) in [5.74, 6) is 0. The molecule has 2 nitrogen and oxygen atoms in total. The number of nitrogens with zero attached hydrogens (tertiary/aromatic N) is 1. The molecular weight excluding hydrogens is 235 g/mol. The summed E-state index contributed by atoms with van der Waals surface area (Å²) in [6.07, 6.45) is 1.83. The molecule has 0 atom stereocenters. The predicted octanol–water partition coefficient (Wildman–Crippen LogP) is 1.21. The van der Waals surface area contributed by atoms with Crippen molar-refractivity contribution < 1.29 is 0 Å². The summed E-state index contributed by atoms with van der Waals surface area (Å²) in [7, 11) is 0. The third kappa shape index (κ3) is 1.40. The van der Waals surface area contributed by atoms with Gasteiger partial charge in [-0.15, -0.1) is 11.3 Å². The fourth-order valence-corrected chi connectivity index (χ4v) is 1.80. The number of hydrogen-bond donors (Lipinski definition) is 1. The molecule has 0 amide bonds. The summed E-state index contributed by atoms with van der Waals surface area (Å²) in [6, 6.07) is 0. The molecule has 1 aromatic heterocycles. The number of aromatic nitrogens is 1. The van der Waals surface area contributed by atoms with Crippen LogP contribution >= 0.6 is 33.9 Å². The Hall–Kier alpha value is 0.320. The largest absolute Gasteiger partial charge is 0.325 e. The molecule has 44 valence electrons. The van der Waals surface area contributed by atoms with Crippen LogP contribution in [0.3, 0.4) is 0 Å². The van der Waals surface area contributed by atoms with Gasteiger partial charge in [-0.25, -0.2) is 4.98 Å². The molecule has 8 heavy (non-hydrogen) atoms. The Morgan fingerprint density at radius 1 is 1.88 bits per heavy atom. The van der Waals surface area contributed by atoms with Crippen LogP contribution < -0.4 is 5.73 Å². The molecule has 0 aromatic carbocycles. The first-order valence-electron chi connectivity index (χ1n) is 2.13. The molecule has 0 aliphatic carbocycles. The lowest BCUT2D eigenvalue weighted by Crippen LogP contribution is -1.93. The normalized spacial score (nSPS) is 9.75. The molecule has 0 aliphatic rings. The summed E-state index contributed by atoms with van der Waals surface area (Å²) >= 11 is 3.86. The second-order valence-electron chi connectivity index (χ2n) is 1.26. The fraction of sp³-hybridized carbons (Fsp3) is 0.250. The fourth-order valence-electron chi connectivity index (χ4n) is 0.382. The van der Waals surface area contributed by atoms with Crippen molar-refractivity contribution in [3.05, 3.63) is 14.1 Å². The van der Waals surface area contributed by atoms with Crippen molar-refractivity contribution in [2.45, 2.75) is 6.54 Å². The Morgan fingerprint density at radius 2 is 2.62 bits per heavy atom. The maximum Gasteiger partial charge on any atom is 0.107 e. The highest BCUT2D eigenvalue weighted by molar-refractivity contribution is 14.1. The van der Waals surface area contributed by atoms with Crippen molar-refractivity contribution in [2.75, 3.05) is 0 Å². The van der Waals surface area contributed by atoms with E-state index in [1.807, 2.05) is 6.20 Å². The number of hydrogen-bond acceptors (Lipinski definition) is 3. The molecule has 2 N–H and O–H groups in total. The second kappa shape index (κ2) is 2.75. The minimum atomic E-state index is 0.563. The Bertz CT molecular complexity index is 174. The van der Waals surface area contributed by atoms with E-state index in [1.54, 1.807) is 11.3 Å². The van der Waals surface area contributed by atoms with Crippen LogP contribution in [0.4, 0.5) is 0 Å². The average molecular weight is 240 g/mol. The van der Waals surface area contributed by atoms with Gasteiger partial charge in [0.1, 0.15) is 5.01 Å². The Balaban J connectivity index is 2.84. The van der Waals surface area contributed by atoms with Crippen molar-refractivity contribution in [2.24, 2.45) is 5.73 Å². The zero-order chi connectivity index (χ0) is 5.98. The Kier molecular flexibility index (Phi) is 2.21. The topological polar surface area (TPSA) is 38.9 Å². The zero-order valence-electron chi connectivity index (χ0n) is 4.10. The third-order valence-corrected chi connectivity index (χ3v) is 2.45. The van der Waals surface area contributed by atoms with E-state index in [1.165, 1.54) is 2.88 Å². The van der Waals surface area contributed by atoms with Gasteiger partial charge in [0.15, 0.2) is 0 Å². The lowest BCUT2D eigenvalue weighted by atomic mass is 10.7. The van der Waals surface area contributed by atoms with E-state index >= 15 is 0 Å². The first-order chi connectivity index (χ1) is 3.83. The lowest BCUT2D eigenvalue weighted by Gasteiger charge is -1.78.